The molecule has 35 heavy (non-hydrogen) atoms. The SMILES string of the molecule is C=CCN(CCCC)C(=O)C1N([C@@H](CC)CO)C(=O)[C@@H]2[C@@H](C(=O)N(CC=C)CCC)[C@H]3CCC12S3. The molecule has 2 unspecified atom stereocenters. The molecule has 0 aromatic heterocycles. The van der Waals surface area contributed by atoms with Gasteiger partial charge in [-0.2, -0.15) is 0 Å². The van der Waals surface area contributed by atoms with Gasteiger partial charge in [0, 0.05) is 31.4 Å². The van der Waals surface area contributed by atoms with Crippen molar-refractivity contribution >= 4 is 29.5 Å². The fraction of sp³-hybridized carbons (Fsp3) is 0.741. The third kappa shape index (κ3) is 4.80. The van der Waals surface area contributed by atoms with E-state index in [1.54, 1.807) is 28.8 Å². The van der Waals surface area contributed by atoms with Gasteiger partial charge < -0.3 is 19.8 Å². The van der Waals surface area contributed by atoms with Gasteiger partial charge in [-0.3, -0.25) is 14.4 Å². The summed E-state index contributed by atoms with van der Waals surface area (Å²) in [5.41, 5.74) is 0. The van der Waals surface area contributed by atoms with Crippen LogP contribution in [0.1, 0.15) is 59.3 Å². The molecule has 0 aliphatic carbocycles. The van der Waals surface area contributed by atoms with Crippen LogP contribution in [-0.2, 0) is 14.4 Å². The molecular formula is C27H43N3O4S. The van der Waals surface area contributed by atoms with Crippen LogP contribution in [0.3, 0.4) is 0 Å². The number of thioether (sulfide) groups is 1. The molecule has 8 heteroatoms. The number of fused-ring (bicyclic) bond motifs is 1. The van der Waals surface area contributed by atoms with Crippen LogP contribution in [-0.4, -0.2) is 92.4 Å². The minimum Gasteiger partial charge on any atom is -0.394 e. The largest absolute Gasteiger partial charge is 0.394 e. The van der Waals surface area contributed by atoms with Crippen molar-refractivity contribution in [2.24, 2.45) is 11.8 Å². The van der Waals surface area contributed by atoms with Gasteiger partial charge in [-0.15, -0.1) is 24.9 Å². The van der Waals surface area contributed by atoms with E-state index in [4.69, 9.17) is 0 Å². The maximum atomic E-state index is 14.2. The maximum Gasteiger partial charge on any atom is 0.247 e. The fourth-order valence-corrected chi connectivity index (χ4v) is 8.55. The molecule has 0 aromatic carbocycles. The Morgan fingerprint density at radius 3 is 2.34 bits per heavy atom. The molecule has 3 amide bonds. The monoisotopic (exact) mass is 505 g/mol. The lowest BCUT2D eigenvalue weighted by atomic mass is 9.70. The van der Waals surface area contributed by atoms with Crippen molar-refractivity contribution in [2.45, 2.75) is 81.4 Å². The first-order valence-electron chi connectivity index (χ1n) is 13.3. The molecule has 3 aliphatic rings. The van der Waals surface area contributed by atoms with Gasteiger partial charge >= 0.3 is 0 Å². The first-order valence-corrected chi connectivity index (χ1v) is 14.1. The number of aliphatic hydroxyl groups excluding tert-OH is 1. The van der Waals surface area contributed by atoms with E-state index < -0.39 is 28.7 Å². The predicted octanol–water partition coefficient (Wildman–Crippen LogP) is 3.09. The molecule has 3 fully saturated rings. The van der Waals surface area contributed by atoms with Crippen LogP contribution in [0.15, 0.2) is 25.3 Å². The summed E-state index contributed by atoms with van der Waals surface area (Å²) in [4.78, 5) is 47.4. The van der Waals surface area contributed by atoms with Crippen molar-refractivity contribution in [3.63, 3.8) is 0 Å². The predicted molar refractivity (Wildman–Crippen MR) is 141 cm³/mol. The Labute approximate surface area is 215 Å². The highest BCUT2D eigenvalue weighted by molar-refractivity contribution is 8.02. The van der Waals surface area contributed by atoms with Gasteiger partial charge in [0.2, 0.25) is 17.7 Å². The molecule has 3 heterocycles. The number of hydrogen-bond acceptors (Lipinski definition) is 5. The van der Waals surface area contributed by atoms with Crippen molar-refractivity contribution in [1.82, 2.24) is 14.7 Å². The van der Waals surface area contributed by atoms with Crippen molar-refractivity contribution in [3.8, 4) is 0 Å². The Morgan fingerprint density at radius 1 is 1.14 bits per heavy atom. The lowest BCUT2D eigenvalue weighted by Crippen LogP contribution is -2.57. The quantitative estimate of drug-likeness (QED) is 0.367. The van der Waals surface area contributed by atoms with Gasteiger partial charge in [-0.25, -0.2) is 0 Å². The average molecular weight is 506 g/mol. The Hall–Kier alpha value is -1.80. The van der Waals surface area contributed by atoms with Crippen molar-refractivity contribution in [3.05, 3.63) is 25.3 Å². The van der Waals surface area contributed by atoms with Crippen LogP contribution < -0.4 is 0 Å². The molecular weight excluding hydrogens is 462 g/mol. The normalized spacial score (nSPS) is 29.7. The van der Waals surface area contributed by atoms with Gasteiger partial charge in [0.25, 0.3) is 0 Å². The molecule has 0 saturated carbocycles. The van der Waals surface area contributed by atoms with Gasteiger partial charge in [0.05, 0.1) is 29.2 Å². The third-order valence-corrected chi connectivity index (χ3v) is 9.88. The Kier molecular flexibility index (Phi) is 9.49. The number of nitrogens with zero attached hydrogens (tertiary/aromatic N) is 3. The number of rotatable bonds is 14. The standard InChI is InChI=1S/C27H43N3O4S/c1-6-11-17-29(16-9-4)26(34)23-27-13-12-20(35-27)21(24(32)28(14-7-2)15-8-3)22(27)25(33)30(23)19(10-5)18-31/h7,9,19-23,31H,2,4,6,8,10-18H2,1,3,5H3/t19-,20+,21-,22-,23?,27?/m0/s1. The molecule has 1 N–H and O–H groups in total. The molecule has 3 aliphatic heterocycles. The Bertz CT molecular complexity index is 816. The molecule has 196 valence electrons. The number of hydrogen-bond donors (Lipinski definition) is 1. The zero-order valence-electron chi connectivity index (χ0n) is 21.7. The first-order chi connectivity index (χ1) is 16.9. The van der Waals surface area contributed by atoms with E-state index in [2.05, 4.69) is 20.1 Å². The topological polar surface area (TPSA) is 81.2 Å². The molecule has 2 bridgehead atoms. The van der Waals surface area contributed by atoms with Crippen molar-refractivity contribution < 1.29 is 19.5 Å². The van der Waals surface area contributed by atoms with E-state index >= 15 is 0 Å². The number of likely N-dealkylation sites (tertiary alicyclic amines) is 1. The van der Waals surface area contributed by atoms with E-state index in [1.807, 2.05) is 23.6 Å². The van der Waals surface area contributed by atoms with E-state index in [0.29, 0.717) is 32.6 Å². The van der Waals surface area contributed by atoms with Crippen LogP contribution in [0.4, 0.5) is 0 Å². The van der Waals surface area contributed by atoms with Gasteiger partial charge in [-0.1, -0.05) is 39.3 Å². The highest BCUT2D eigenvalue weighted by Crippen LogP contribution is 2.67. The summed E-state index contributed by atoms with van der Waals surface area (Å²) in [6.45, 7) is 15.6. The number of unbranched alkanes of at least 4 members (excludes halogenated alkanes) is 1. The maximum absolute atomic E-state index is 14.2. The number of amides is 3. The smallest absolute Gasteiger partial charge is 0.247 e. The summed E-state index contributed by atoms with van der Waals surface area (Å²) in [6.07, 6.45) is 8.24. The summed E-state index contributed by atoms with van der Waals surface area (Å²) in [7, 11) is 0. The molecule has 3 saturated heterocycles. The van der Waals surface area contributed by atoms with Crippen molar-refractivity contribution in [2.75, 3.05) is 32.8 Å². The van der Waals surface area contributed by atoms with Gasteiger partial charge in [0.15, 0.2) is 0 Å². The second kappa shape index (κ2) is 12.0. The molecule has 0 radical (unpaired) electrons. The Balaban J connectivity index is 2.05. The summed E-state index contributed by atoms with van der Waals surface area (Å²) < 4.78 is -0.626. The van der Waals surface area contributed by atoms with Gasteiger partial charge in [0.1, 0.15) is 6.04 Å². The number of aliphatic hydroxyl groups is 1. The Morgan fingerprint density at radius 2 is 1.80 bits per heavy atom. The molecule has 6 atom stereocenters. The molecule has 7 nitrogen and oxygen atoms in total. The minimum atomic E-state index is -0.666. The third-order valence-electron chi connectivity index (χ3n) is 7.93. The van der Waals surface area contributed by atoms with E-state index in [0.717, 1.165) is 32.1 Å². The summed E-state index contributed by atoms with van der Waals surface area (Å²) in [6, 6.07) is -1.11. The van der Waals surface area contributed by atoms with E-state index in [-0.39, 0.29) is 29.6 Å². The van der Waals surface area contributed by atoms with Crippen LogP contribution in [0, 0.1) is 11.8 Å². The summed E-state index contributed by atoms with van der Waals surface area (Å²) in [5, 5.41) is 10.2. The summed E-state index contributed by atoms with van der Waals surface area (Å²) >= 11 is 1.69. The number of carbonyl (C=O) groups is 3. The lowest BCUT2D eigenvalue weighted by molar-refractivity contribution is -0.147. The lowest BCUT2D eigenvalue weighted by Gasteiger charge is -2.39. The highest BCUT2D eigenvalue weighted by atomic mass is 32.2. The van der Waals surface area contributed by atoms with Crippen molar-refractivity contribution in [1.29, 1.82) is 0 Å². The molecule has 0 aromatic rings. The second-order valence-corrected chi connectivity index (χ2v) is 11.6. The molecule has 3 rings (SSSR count). The first kappa shape index (κ1) is 27.8. The zero-order valence-corrected chi connectivity index (χ0v) is 22.5. The summed E-state index contributed by atoms with van der Waals surface area (Å²) in [5.74, 6) is -1.18. The van der Waals surface area contributed by atoms with Crippen LogP contribution in [0.25, 0.3) is 0 Å². The second-order valence-electron chi connectivity index (χ2n) is 10.0. The van der Waals surface area contributed by atoms with E-state index in [1.165, 1.54) is 0 Å². The average Bonchev–Trinajstić information content (AvgIpc) is 3.49. The molecule has 1 spiro atoms. The van der Waals surface area contributed by atoms with Gasteiger partial charge in [-0.05, 0) is 32.1 Å². The fourth-order valence-electron chi connectivity index (χ4n) is 6.36. The zero-order chi connectivity index (χ0) is 25.8. The van der Waals surface area contributed by atoms with Crippen LogP contribution >= 0.6 is 11.8 Å². The van der Waals surface area contributed by atoms with Crippen LogP contribution in [0.2, 0.25) is 0 Å². The minimum absolute atomic E-state index is 0.00296. The van der Waals surface area contributed by atoms with Crippen LogP contribution in [0.5, 0.6) is 0 Å². The van der Waals surface area contributed by atoms with E-state index in [9.17, 15) is 19.5 Å². The highest BCUT2D eigenvalue weighted by Gasteiger charge is 2.74. The number of carbonyl (C=O) groups excluding carboxylic acids is 3.